The van der Waals surface area contributed by atoms with Gasteiger partial charge in [0.1, 0.15) is 0 Å². The van der Waals surface area contributed by atoms with Gasteiger partial charge in [0, 0.05) is 12.1 Å². The average molecular weight is 274 g/mol. The van der Waals surface area contributed by atoms with Crippen molar-refractivity contribution in [2.45, 2.75) is 32.2 Å². The highest BCUT2D eigenvalue weighted by Crippen LogP contribution is 2.31. The molecule has 4 nitrogen and oxygen atoms in total. The van der Waals surface area contributed by atoms with Crippen LogP contribution in [0.5, 0.6) is 0 Å². The molecule has 0 spiro atoms. The summed E-state index contributed by atoms with van der Waals surface area (Å²) in [7, 11) is 0. The molecule has 1 aromatic rings. The number of likely N-dealkylation sites (tertiary alicyclic amines) is 1. The quantitative estimate of drug-likeness (QED) is 0.791. The number of nitrogens with zero attached hydrogens (tertiary/aromatic N) is 3. The third kappa shape index (κ3) is 2.38. The van der Waals surface area contributed by atoms with Gasteiger partial charge in [-0.05, 0) is 32.8 Å². The van der Waals surface area contributed by atoms with Crippen molar-refractivity contribution in [2.24, 2.45) is 0 Å². The van der Waals surface area contributed by atoms with Gasteiger partial charge < -0.3 is 4.90 Å². The molecule has 92 valence electrons. The van der Waals surface area contributed by atoms with E-state index in [2.05, 4.69) is 10.2 Å². The maximum atomic E-state index is 12.4. The Morgan fingerprint density at radius 2 is 2.12 bits per heavy atom. The second kappa shape index (κ2) is 4.42. The summed E-state index contributed by atoms with van der Waals surface area (Å²) in [4.78, 5) is 14.2. The Morgan fingerprint density at radius 3 is 2.71 bits per heavy atom. The first-order chi connectivity index (χ1) is 7.92. The normalized spacial score (nSPS) is 18.5. The SMILES string of the molecule is CC1(C)CCCN1C(=O)c1cc(Cl)nnc1Cl. The minimum atomic E-state index is -0.143. The van der Waals surface area contributed by atoms with E-state index in [4.69, 9.17) is 23.2 Å². The number of carbonyl (C=O) groups excluding carboxylic acids is 1. The molecule has 6 heteroatoms. The number of rotatable bonds is 1. The third-order valence-corrected chi connectivity index (χ3v) is 3.56. The number of aromatic nitrogens is 2. The lowest BCUT2D eigenvalue weighted by molar-refractivity contribution is 0.0651. The maximum absolute atomic E-state index is 12.4. The molecule has 0 saturated carbocycles. The van der Waals surface area contributed by atoms with Crippen LogP contribution >= 0.6 is 23.2 Å². The number of hydrogen-bond donors (Lipinski definition) is 0. The van der Waals surface area contributed by atoms with Gasteiger partial charge in [-0.25, -0.2) is 0 Å². The fraction of sp³-hybridized carbons (Fsp3) is 0.545. The van der Waals surface area contributed by atoms with Crippen LogP contribution in [0.3, 0.4) is 0 Å². The summed E-state index contributed by atoms with van der Waals surface area (Å²) < 4.78 is 0. The Kier molecular flexibility index (Phi) is 3.27. The zero-order chi connectivity index (χ0) is 12.6. The zero-order valence-electron chi connectivity index (χ0n) is 9.70. The molecule has 0 aromatic carbocycles. The van der Waals surface area contributed by atoms with Crippen molar-refractivity contribution < 1.29 is 4.79 Å². The van der Waals surface area contributed by atoms with E-state index in [1.165, 1.54) is 6.07 Å². The molecule has 0 N–H and O–H groups in total. The Bertz CT molecular complexity index is 462. The molecule has 17 heavy (non-hydrogen) atoms. The number of amides is 1. The Balaban J connectivity index is 2.34. The predicted molar refractivity (Wildman–Crippen MR) is 66.4 cm³/mol. The molecular formula is C11H13Cl2N3O. The zero-order valence-corrected chi connectivity index (χ0v) is 11.2. The molecule has 2 heterocycles. The molecule has 1 amide bonds. The molecule has 0 unspecified atom stereocenters. The lowest BCUT2D eigenvalue weighted by Crippen LogP contribution is -2.42. The molecule has 1 aliphatic rings. The Morgan fingerprint density at radius 1 is 1.41 bits per heavy atom. The molecule has 2 rings (SSSR count). The van der Waals surface area contributed by atoms with Gasteiger partial charge in [0.25, 0.3) is 5.91 Å². The van der Waals surface area contributed by atoms with Crippen molar-refractivity contribution in [3.8, 4) is 0 Å². The first kappa shape index (κ1) is 12.6. The van der Waals surface area contributed by atoms with Crippen molar-refractivity contribution >= 4 is 29.1 Å². The van der Waals surface area contributed by atoms with Gasteiger partial charge in [-0.2, -0.15) is 0 Å². The summed E-state index contributed by atoms with van der Waals surface area (Å²) in [5.41, 5.74) is 0.178. The second-order valence-electron chi connectivity index (χ2n) is 4.74. The number of halogens is 2. The molecule has 1 fully saturated rings. The molecule has 0 radical (unpaired) electrons. The minimum Gasteiger partial charge on any atom is -0.333 e. The van der Waals surface area contributed by atoms with Gasteiger partial charge >= 0.3 is 0 Å². The molecule has 1 saturated heterocycles. The third-order valence-electron chi connectivity index (χ3n) is 3.10. The maximum Gasteiger partial charge on any atom is 0.257 e. The van der Waals surface area contributed by atoms with Crippen LogP contribution in [0.2, 0.25) is 10.3 Å². The van der Waals surface area contributed by atoms with Crippen LogP contribution in [0.25, 0.3) is 0 Å². The molecule has 0 atom stereocenters. The molecule has 1 aromatic heterocycles. The first-order valence-electron chi connectivity index (χ1n) is 5.42. The summed E-state index contributed by atoms with van der Waals surface area (Å²) in [6, 6.07) is 1.47. The van der Waals surface area contributed by atoms with Crippen LogP contribution in [0, 0.1) is 0 Å². The van der Waals surface area contributed by atoms with Crippen LogP contribution < -0.4 is 0 Å². The van der Waals surface area contributed by atoms with Crippen LogP contribution in [0.4, 0.5) is 0 Å². The minimum absolute atomic E-state index is 0.0992. The van der Waals surface area contributed by atoms with Crippen molar-refractivity contribution in [3.63, 3.8) is 0 Å². The van der Waals surface area contributed by atoms with Crippen molar-refractivity contribution in [2.75, 3.05) is 6.54 Å². The van der Waals surface area contributed by atoms with Crippen LogP contribution in [-0.2, 0) is 0 Å². The average Bonchev–Trinajstić information content (AvgIpc) is 2.61. The summed E-state index contributed by atoms with van der Waals surface area (Å²) in [6.07, 6.45) is 1.99. The molecule has 0 bridgehead atoms. The number of carbonyl (C=O) groups is 1. The van der Waals surface area contributed by atoms with Gasteiger partial charge in [-0.1, -0.05) is 23.2 Å². The van der Waals surface area contributed by atoms with Gasteiger partial charge in [-0.3, -0.25) is 4.79 Å². The fourth-order valence-electron chi connectivity index (χ4n) is 2.13. The van der Waals surface area contributed by atoms with E-state index in [0.717, 1.165) is 19.4 Å². The summed E-state index contributed by atoms with van der Waals surface area (Å²) >= 11 is 11.6. The lowest BCUT2D eigenvalue weighted by Gasteiger charge is -2.31. The smallest absolute Gasteiger partial charge is 0.257 e. The van der Waals surface area contributed by atoms with E-state index in [1.54, 1.807) is 0 Å². The highest BCUT2D eigenvalue weighted by Gasteiger charge is 2.36. The van der Waals surface area contributed by atoms with Crippen molar-refractivity contribution in [3.05, 3.63) is 21.9 Å². The van der Waals surface area contributed by atoms with Crippen LogP contribution in [0.15, 0.2) is 6.07 Å². The second-order valence-corrected chi connectivity index (χ2v) is 5.49. The summed E-state index contributed by atoms with van der Waals surface area (Å²) in [5, 5.41) is 7.53. The van der Waals surface area contributed by atoms with E-state index >= 15 is 0 Å². The van der Waals surface area contributed by atoms with E-state index in [9.17, 15) is 4.79 Å². The highest BCUT2D eigenvalue weighted by molar-refractivity contribution is 6.34. The monoisotopic (exact) mass is 273 g/mol. The first-order valence-corrected chi connectivity index (χ1v) is 6.18. The molecular weight excluding hydrogens is 261 g/mol. The topological polar surface area (TPSA) is 46.1 Å². The number of hydrogen-bond acceptors (Lipinski definition) is 3. The van der Waals surface area contributed by atoms with Gasteiger partial charge in [0.15, 0.2) is 10.3 Å². The largest absolute Gasteiger partial charge is 0.333 e. The summed E-state index contributed by atoms with van der Waals surface area (Å²) in [6.45, 7) is 4.83. The van der Waals surface area contributed by atoms with E-state index in [-0.39, 0.29) is 21.8 Å². The predicted octanol–water partition coefficient (Wildman–Crippen LogP) is 2.80. The fourth-order valence-corrected chi connectivity index (χ4v) is 2.45. The van der Waals surface area contributed by atoms with Gasteiger partial charge in [0.2, 0.25) is 0 Å². The molecule has 1 aliphatic heterocycles. The highest BCUT2D eigenvalue weighted by atomic mass is 35.5. The Hall–Kier alpha value is -0.870. The van der Waals surface area contributed by atoms with E-state index in [1.807, 2.05) is 18.7 Å². The van der Waals surface area contributed by atoms with Gasteiger partial charge in [0.05, 0.1) is 5.56 Å². The van der Waals surface area contributed by atoms with Crippen LogP contribution in [0.1, 0.15) is 37.0 Å². The Labute approximate surface area is 110 Å². The standard InChI is InChI=1S/C11H13Cl2N3O/c1-11(2)4-3-5-16(11)10(17)7-6-8(12)14-15-9(7)13/h6H,3-5H2,1-2H3. The van der Waals surface area contributed by atoms with Gasteiger partial charge in [-0.15, -0.1) is 10.2 Å². The van der Waals surface area contributed by atoms with Crippen molar-refractivity contribution in [1.29, 1.82) is 0 Å². The molecule has 0 aliphatic carbocycles. The lowest BCUT2D eigenvalue weighted by atomic mass is 10.0. The van der Waals surface area contributed by atoms with Crippen molar-refractivity contribution in [1.82, 2.24) is 15.1 Å². The van der Waals surface area contributed by atoms with E-state index in [0.29, 0.717) is 5.56 Å². The van der Waals surface area contributed by atoms with Crippen LogP contribution in [-0.4, -0.2) is 33.1 Å². The van der Waals surface area contributed by atoms with E-state index < -0.39 is 0 Å². The summed E-state index contributed by atoms with van der Waals surface area (Å²) in [5.74, 6) is -0.130.